The molecule has 1 aliphatic rings. The molecule has 0 saturated heterocycles. The fraction of sp³-hybridized carbons (Fsp3) is 0.231. The van der Waals surface area contributed by atoms with Crippen LogP contribution >= 0.6 is 11.8 Å². The van der Waals surface area contributed by atoms with Gasteiger partial charge in [-0.25, -0.2) is 0 Å². The van der Waals surface area contributed by atoms with Gasteiger partial charge in [0.05, 0.1) is 12.3 Å². The van der Waals surface area contributed by atoms with Crippen LogP contribution in [0, 0.1) is 0 Å². The second-order valence-electron chi connectivity index (χ2n) is 3.97. The van der Waals surface area contributed by atoms with Crippen LogP contribution in [-0.4, -0.2) is 29.8 Å². The van der Waals surface area contributed by atoms with E-state index in [2.05, 4.69) is 10.3 Å². The monoisotopic (exact) mass is 260 g/mol. The van der Waals surface area contributed by atoms with Crippen molar-refractivity contribution in [3.63, 3.8) is 0 Å². The van der Waals surface area contributed by atoms with Gasteiger partial charge in [0.1, 0.15) is 5.58 Å². The molecule has 2 aromatic rings. The normalized spacial score (nSPS) is 14.6. The van der Waals surface area contributed by atoms with E-state index >= 15 is 0 Å². The maximum atomic E-state index is 12.0. The van der Waals surface area contributed by atoms with E-state index in [0.717, 1.165) is 29.2 Å². The van der Waals surface area contributed by atoms with Crippen LogP contribution in [0.15, 0.2) is 39.7 Å². The molecule has 1 aromatic heterocycles. The topological polar surface area (TPSA) is 54.6 Å². The predicted octanol–water partition coefficient (Wildman–Crippen LogP) is 2.31. The van der Waals surface area contributed by atoms with Crippen molar-refractivity contribution in [2.45, 2.75) is 0 Å². The Hall–Kier alpha value is -1.75. The van der Waals surface area contributed by atoms with Gasteiger partial charge in [-0.3, -0.25) is 9.79 Å². The minimum atomic E-state index is -0.00685. The number of Topliss-reactive ketones (excluding diaryl/α,β-unsaturated/α-hetero) is 1. The molecule has 1 aliphatic heterocycles. The number of rotatable bonds is 3. The number of thioether (sulfide) groups is 1. The third-order valence-electron chi connectivity index (χ3n) is 2.68. The number of para-hydroxylation sites is 1. The van der Waals surface area contributed by atoms with Crippen LogP contribution in [-0.2, 0) is 0 Å². The van der Waals surface area contributed by atoms with Crippen molar-refractivity contribution in [2.24, 2.45) is 4.99 Å². The lowest BCUT2D eigenvalue weighted by Gasteiger charge is -1.99. The van der Waals surface area contributed by atoms with Gasteiger partial charge in [0.2, 0.25) is 5.78 Å². The highest BCUT2D eigenvalue weighted by Gasteiger charge is 2.14. The van der Waals surface area contributed by atoms with Crippen molar-refractivity contribution in [3.05, 3.63) is 36.1 Å². The van der Waals surface area contributed by atoms with E-state index in [-0.39, 0.29) is 5.78 Å². The zero-order valence-electron chi connectivity index (χ0n) is 9.68. The Morgan fingerprint density at radius 2 is 2.33 bits per heavy atom. The number of nitrogens with zero attached hydrogens (tertiary/aromatic N) is 1. The molecule has 1 aromatic carbocycles. The van der Waals surface area contributed by atoms with Gasteiger partial charge in [0.15, 0.2) is 10.9 Å². The summed E-state index contributed by atoms with van der Waals surface area (Å²) in [5, 5.41) is 4.93. The average molecular weight is 260 g/mol. The number of amidine groups is 1. The van der Waals surface area contributed by atoms with Crippen LogP contribution in [0.4, 0.5) is 0 Å². The number of carbonyl (C=O) groups excluding carboxylic acids is 1. The van der Waals surface area contributed by atoms with Crippen LogP contribution in [0.1, 0.15) is 10.6 Å². The third kappa shape index (κ3) is 2.26. The van der Waals surface area contributed by atoms with Crippen molar-refractivity contribution < 1.29 is 9.21 Å². The molecule has 18 heavy (non-hydrogen) atoms. The Bertz CT molecular complexity index is 585. The second kappa shape index (κ2) is 4.86. The highest BCUT2D eigenvalue weighted by atomic mass is 32.2. The summed E-state index contributed by atoms with van der Waals surface area (Å²) in [6, 6.07) is 9.42. The molecule has 0 amide bonds. The number of benzene rings is 1. The number of aliphatic imine (C=N–C) groups is 1. The standard InChI is InChI=1S/C13H12N2O2S/c16-10(8-18-13-14-5-6-15-13)12-7-9-3-1-2-4-11(9)17-12/h1-4,7H,5-6,8H2,(H,14,15). The first-order valence-corrected chi connectivity index (χ1v) is 6.74. The fourth-order valence-corrected chi connectivity index (χ4v) is 2.59. The molecule has 0 aliphatic carbocycles. The highest BCUT2D eigenvalue weighted by Crippen LogP contribution is 2.20. The molecule has 4 nitrogen and oxygen atoms in total. The Kier molecular flexibility index (Phi) is 3.06. The summed E-state index contributed by atoms with van der Waals surface area (Å²) in [6.07, 6.45) is 0. The van der Waals surface area contributed by atoms with E-state index in [4.69, 9.17) is 4.42 Å². The zero-order valence-corrected chi connectivity index (χ0v) is 10.5. The summed E-state index contributed by atoms with van der Waals surface area (Å²) in [5.74, 6) is 0.765. The number of fused-ring (bicyclic) bond motifs is 1. The molecule has 0 bridgehead atoms. The molecule has 0 atom stereocenters. The fourth-order valence-electron chi connectivity index (χ4n) is 1.80. The summed E-state index contributed by atoms with van der Waals surface area (Å²) in [4.78, 5) is 16.2. The number of nitrogens with one attached hydrogen (secondary N) is 1. The maximum Gasteiger partial charge on any atom is 0.208 e. The minimum absolute atomic E-state index is 0.00685. The van der Waals surface area contributed by atoms with Crippen molar-refractivity contribution in [2.75, 3.05) is 18.8 Å². The summed E-state index contributed by atoms with van der Waals surface area (Å²) in [7, 11) is 0. The van der Waals surface area contributed by atoms with Gasteiger partial charge >= 0.3 is 0 Å². The minimum Gasteiger partial charge on any atom is -0.453 e. The van der Waals surface area contributed by atoms with Crippen LogP contribution in [0.2, 0.25) is 0 Å². The van der Waals surface area contributed by atoms with Crippen LogP contribution in [0.25, 0.3) is 11.0 Å². The lowest BCUT2D eigenvalue weighted by molar-refractivity contribution is 0.0994. The smallest absolute Gasteiger partial charge is 0.208 e. The van der Waals surface area contributed by atoms with Crippen molar-refractivity contribution in [3.8, 4) is 0 Å². The van der Waals surface area contributed by atoms with E-state index in [0.29, 0.717) is 11.5 Å². The van der Waals surface area contributed by atoms with Crippen LogP contribution in [0.5, 0.6) is 0 Å². The van der Waals surface area contributed by atoms with Gasteiger partial charge < -0.3 is 9.73 Å². The molecular formula is C13H12N2O2S. The van der Waals surface area contributed by atoms with E-state index < -0.39 is 0 Å². The van der Waals surface area contributed by atoms with Gasteiger partial charge in [-0.05, 0) is 12.1 Å². The van der Waals surface area contributed by atoms with Crippen molar-refractivity contribution in [1.29, 1.82) is 0 Å². The molecule has 0 saturated carbocycles. The maximum absolute atomic E-state index is 12.0. The number of ketones is 1. The van der Waals surface area contributed by atoms with E-state index in [1.807, 2.05) is 24.3 Å². The summed E-state index contributed by atoms with van der Waals surface area (Å²) < 4.78 is 5.52. The van der Waals surface area contributed by atoms with E-state index in [1.165, 1.54) is 11.8 Å². The Balaban J connectivity index is 1.71. The van der Waals surface area contributed by atoms with Gasteiger partial charge in [-0.1, -0.05) is 30.0 Å². The first-order chi connectivity index (χ1) is 8.83. The summed E-state index contributed by atoms with van der Waals surface area (Å²) in [5.41, 5.74) is 0.752. The summed E-state index contributed by atoms with van der Waals surface area (Å²) >= 11 is 1.43. The van der Waals surface area contributed by atoms with Gasteiger partial charge in [0.25, 0.3) is 0 Å². The first kappa shape index (κ1) is 11.3. The average Bonchev–Trinajstić information content (AvgIpc) is 3.04. The predicted molar refractivity (Wildman–Crippen MR) is 73.3 cm³/mol. The molecule has 0 spiro atoms. The van der Waals surface area contributed by atoms with Crippen molar-refractivity contribution >= 4 is 33.7 Å². The largest absolute Gasteiger partial charge is 0.453 e. The Morgan fingerprint density at radius 3 is 3.11 bits per heavy atom. The van der Waals surface area contributed by atoms with Crippen molar-refractivity contribution in [1.82, 2.24) is 5.32 Å². The Morgan fingerprint density at radius 1 is 1.44 bits per heavy atom. The van der Waals surface area contributed by atoms with Crippen LogP contribution in [0.3, 0.4) is 0 Å². The number of hydrogen-bond donors (Lipinski definition) is 1. The zero-order chi connectivity index (χ0) is 12.4. The molecule has 3 rings (SSSR count). The molecule has 1 N–H and O–H groups in total. The molecular weight excluding hydrogens is 248 g/mol. The van der Waals surface area contributed by atoms with E-state index in [9.17, 15) is 4.79 Å². The molecule has 92 valence electrons. The quantitative estimate of drug-likeness (QED) is 0.860. The second-order valence-corrected chi connectivity index (χ2v) is 4.94. The lowest BCUT2D eigenvalue weighted by atomic mass is 10.2. The Labute approximate surface area is 108 Å². The van der Waals surface area contributed by atoms with Crippen LogP contribution < -0.4 is 5.32 Å². The molecule has 2 heterocycles. The first-order valence-electron chi connectivity index (χ1n) is 5.76. The molecule has 0 unspecified atom stereocenters. The third-order valence-corrected chi connectivity index (χ3v) is 3.64. The highest BCUT2D eigenvalue weighted by molar-refractivity contribution is 8.14. The number of hydrogen-bond acceptors (Lipinski definition) is 5. The number of furan rings is 1. The SMILES string of the molecule is O=C(CSC1=NCCN1)c1cc2ccccc2o1. The lowest BCUT2D eigenvalue weighted by Crippen LogP contribution is -2.16. The van der Waals surface area contributed by atoms with Gasteiger partial charge in [-0.2, -0.15) is 0 Å². The van der Waals surface area contributed by atoms with E-state index in [1.54, 1.807) is 6.07 Å². The summed E-state index contributed by atoms with van der Waals surface area (Å²) in [6.45, 7) is 1.66. The molecule has 0 radical (unpaired) electrons. The molecule has 5 heteroatoms. The number of carbonyl (C=O) groups is 1. The van der Waals surface area contributed by atoms with Gasteiger partial charge in [-0.15, -0.1) is 0 Å². The molecule has 0 fully saturated rings. The van der Waals surface area contributed by atoms with Gasteiger partial charge in [0, 0.05) is 11.9 Å².